The Hall–Kier alpha value is -13.0. The third kappa shape index (κ3) is 20.3. The van der Waals surface area contributed by atoms with E-state index in [9.17, 15) is 28.8 Å². The van der Waals surface area contributed by atoms with Gasteiger partial charge < -0.3 is 80.4 Å². The van der Waals surface area contributed by atoms with E-state index in [4.69, 9.17) is 37.9 Å². The molecule has 16 N–H and O–H groups in total. The second-order valence-corrected chi connectivity index (χ2v) is 36.8. The molecule has 8 aromatic rings. The highest BCUT2D eigenvalue weighted by Crippen LogP contribution is 2.53. The van der Waals surface area contributed by atoms with E-state index in [1.165, 1.54) is 48.5 Å². The summed E-state index contributed by atoms with van der Waals surface area (Å²) < 4.78 is 188. The normalized spacial score (nSPS) is 32.1. The SMILES string of the molecule is CCOC(=O)c1ccccc1NC1C(Nc2ccccc2C(=O)OCC)C(Nc2ccccc2C(=O)OCC)C2C3NC(NC4NC(NC5NC(NC6NC(N3)C3C(Nc7ccccc7C(=O)OCC)C(Nc7ccccc7C(=O)OCC)C(Nc7ccccc7C(=O)OCC)C(Nc7ccccc7C(=O)OCC)C63)C3C(F)C(F)C(F)C(F)C53)C3C(F)C(F)C(F)C(F)C43)C2C1Nc1ccccc1C(=O)OCC. The van der Waals surface area contributed by atoms with Gasteiger partial charge in [0.05, 0.1) is 195 Å². The van der Waals surface area contributed by atoms with Crippen LogP contribution in [0.3, 0.4) is 0 Å². The third-order valence-electron chi connectivity index (χ3n) is 29.0. The first-order chi connectivity index (χ1) is 69.8. The molecule has 5 heterocycles. The van der Waals surface area contributed by atoms with Crippen molar-refractivity contribution in [2.24, 2.45) is 47.3 Å². The fourth-order valence-electron chi connectivity index (χ4n) is 23.1. The molecule has 8 aromatic carbocycles. The summed E-state index contributed by atoms with van der Waals surface area (Å²) in [5.74, 6) is -19.7. The molecule has 0 spiro atoms. The molecule has 9 fully saturated rings. The van der Waals surface area contributed by atoms with Gasteiger partial charge in [-0.05, 0) is 152 Å². The molecule has 0 radical (unpaired) electrons. The first-order valence-electron chi connectivity index (χ1n) is 49.2. The zero-order valence-corrected chi connectivity index (χ0v) is 80.2. The van der Waals surface area contributed by atoms with Crippen LogP contribution in [0.15, 0.2) is 194 Å². The second kappa shape index (κ2) is 45.1. The molecule has 5 aliphatic heterocycles. The molecule has 32 nitrogen and oxygen atoms in total. The average molecular weight is 2000 g/mol. The standard InChI is InChI=1S/C104H120F8N16O16/c1-9-137-97(129)49-33-17-25-41-57(49)113-81-69-71(83(115-59-43-27-19-35-51(59)99(131)139-11-3)87(119-63-47-31-23-39-55(63)103(135)143-15-7)85(81)117-61-45-29-21-37-53(61)101(133)141-13-5)95-126-93(69)124-91-67-65(73(105)77(109)79(111)75(67)107)89(122-91)121-90-66-68(76(108)80(112)78(110)74(66)106)92(123-90)125-94-70-72(96(127-94)128-95)84(116-60-44-28-20-36-52(60)100(132)140-12-4)88(120-64-48-32-24-40-56(64)104(136)144-16-8)86(118-62-46-30-22-38-54(62)102(134)142-14-6)82(70)114-58-42-26-18-34-50(58)98(130)138-10-2/h17-48,65-96,113-128H,9-16H2,1-8H3. The number of carbonyl (C=O) groups excluding carboxylic acids is 8. The van der Waals surface area contributed by atoms with Crippen molar-refractivity contribution in [3.63, 3.8) is 0 Å². The zero-order valence-electron chi connectivity index (χ0n) is 80.2. The molecule has 32 atom stereocenters. The Balaban J connectivity index is 0.994. The first-order valence-corrected chi connectivity index (χ1v) is 49.2. The highest BCUT2D eigenvalue weighted by Gasteiger charge is 2.70. The van der Waals surface area contributed by atoms with Gasteiger partial charge >= 0.3 is 47.8 Å². The molecule has 0 amide bonds. The van der Waals surface area contributed by atoms with Crippen LogP contribution < -0.4 is 85.1 Å². The molecular weight excluding hydrogens is 1880 g/mol. The summed E-state index contributed by atoms with van der Waals surface area (Å²) in [6.45, 7) is 12.1. The molecular formula is C104H120F8N16O16. The van der Waals surface area contributed by atoms with Crippen molar-refractivity contribution >= 4 is 93.3 Å². The zero-order chi connectivity index (χ0) is 102. The van der Waals surface area contributed by atoms with E-state index in [0.717, 1.165) is 0 Å². The Labute approximate surface area is 827 Å². The Bertz CT molecular complexity index is 5590. The minimum absolute atomic E-state index is 0.00832. The monoisotopic (exact) mass is 2000 g/mol. The number of halogens is 8. The Kier molecular flexibility index (Phi) is 32.1. The van der Waals surface area contributed by atoms with Crippen molar-refractivity contribution in [1.29, 1.82) is 0 Å². The van der Waals surface area contributed by atoms with Crippen LogP contribution in [0, 0.1) is 47.3 Å². The van der Waals surface area contributed by atoms with Gasteiger partial charge in [-0.25, -0.2) is 73.5 Å². The van der Waals surface area contributed by atoms with E-state index < -0.39 is 242 Å². The summed E-state index contributed by atoms with van der Waals surface area (Å²) in [5.41, 5.74) is 0.764. The lowest BCUT2D eigenvalue weighted by molar-refractivity contribution is -0.0871. The summed E-state index contributed by atoms with van der Waals surface area (Å²) in [6, 6.07) is 40.1. The van der Waals surface area contributed by atoms with Crippen LogP contribution in [0.5, 0.6) is 0 Å². The van der Waals surface area contributed by atoms with Crippen LogP contribution in [-0.4, -0.2) is 248 Å². The van der Waals surface area contributed by atoms with Gasteiger partial charge in [0.15, 0.2) is 24.7 Å². The molecule has 40 heteroatoms. The Morgan fingerprint density at radius 3 is 0.438 bits per heavy atom. The first kappa shape index (κ1) is 102. The number of ether oxygens (including phenoxy) is 8. The molecule has 4 aliphatic carbocycles. The lowest BCUT2D eigenvalue weighted by atomic mass is 9.65. The third-order valence-corrected chi connectivity index (χ3v) is 29.0. The number of carbonyl (C=O) groups is 8. The minimum Gasteiger partial charge on any atom is -0.462 e. The van der Waals surface area contributed by atoms with Crippen LogP contribution in [0.4, 0.5) is 80.6 Å². The number of fused-ring (bicyclic) bond motifs is 20. The number of anilines is 8. The van der Waals surface area contributed by atoms with E-state index in [1.54, 1.807) is 201 Å². The van der Waals surface area contributed by atoms with Gasteiger partial charge in [0.2, 0.25) is 0 Å². The number of alkyl halides is 8. The molecule has 0 aromatic heterocycles. The maximum atomic E-state index is 18.4. The van der Waals surface area contributed by atoms with Gasteiger partial charge in [-0.1, -0.05) is 97.1 Å². The van der Waals surface area contributed by atoms with Crippen molar-refractivity contribution in [2.75, 3.05) is 95.4 Å². The summed E-state index contributed by atoms with van der Waals surface area (Å²) in [5, 5.41) is 59.1. The number of benzene rings is 8. The number of para-hydroxylation sites is 8. The molecule has 144 heavy (non-hydrogen) atoms. The Morgan fingerprint density at radius 2 is 0.306 bits per heavy atom. The van der Waals surface area contributed by atoms with E-state index in [-0.39, 0.29) is 143 Å². The summed E-state index contributed by atoms with van der Waals surface area (Å²) in [7, 11) is 0. The maximum Gasteiger partial charge on any atom is 0.340 e. The van der Waals surface area contributed by atoms with E-state index in [2.05, 4.69) is 85.1 Å². The lowest BCUT2D eigenvalue weighted by Crippen LogP contribution is -2.72. The van der Waals surface area contributed by atoms with Crippen LogP contribution in [0.1, 0.15) is 138 Å². The van der Waals surface area contributed by atoms with Crippen molar-refractivity contribution in [3.8, 4) is 0 Å². The van der Waals surface area contributed by atoms with Crippen LogP contribution >= 0.6 is 0 Å². The molecule has 32 unspecified atom stereocenters. The highest BCUT2D eigenvalue weighted by molar-refractivity contribution is 6.01. The number of rotatable bonds is 32. The van der Waals surface area contributed by atoms with Gasteiger partial charge in [0.25, 0.3) is 0 Å². The number of hydrogen-bond donors (Lipinski definition) is 16. The topological polar surface area (TPSA) is 403 Å². The highest BCUT2D eigenvalue weighted by atomic mass is 19.2. The van der Waals surface area contributed by atoms with Gasteiger partial charge in [0, 0.05) is 92.8 Å². The number of nitrogens with one attached hydrogen (secondary N) is 16. The van der Waals surface area contributed by atoms with Crippen molar-refractivity contribution in [1.82, 2.24) is 42.5 Å². The summed E-state index contributed by atoms with van der Waals surface area (Å²) in [4.78, 5) is 120. The van der Waals surface area contributed by atoms with Gasteiger partial charge in [0.1, 0.15) is 24.7 Å². The van der Waals surface area contributed by atoms with Crippen molar-refractivity contribution in [2.45, 2.75) is 202 Å². The molecule has 4 saturated carbocycles. The van der Waals surface area contributed by atoms with Crippen molar-refractivity contribution in [3.05, 3.63) is 239 Å². The number of hydrogen-bond acceptors (Lipinski definition) is 32. The van der Waals surface area contributed by atoms with Gasteiger partial charge in [-0.15, -0.1) is 0 Å². The molecule has 8 bridgehead atoms. The summed E-state index contributed by atoms with van der Waals surface area (Å²) >= 11 is 0. The fraction of sp³-hybridized carbons (Fsp3) is 0.462. The van der Waals surface area contributed by atoms with Crippen molar-refractivity contribution < 1.29 is 111 Å². The largest absolute Gasteiger partial charge is 0.462 e. The van der Waals surface area contributed by atoms with E-state index in [0.29, 0.717) is 0 Å². The quantitative estimate of drug-likeness (QED) is 0.0106. The Morgan fingerprint density at radius 1 is 0.188 bits per heavy atom. The predicted octanol–water partition coefficient (Wildman–Crippen LogP) is 12.3. The smallest absolute Gasteiger partial charge is 0.340 e. The second-order valence-electron chi connectivity index (χ2n) is 36.8. The van der Waals surface area contributed by atoms with Crippen LogP contribution in [0.2, 0.25) is 0 Å². The fourth-order valence-corrected chi connectivity index (χ4v) is 23.1. The molecule has 9 aliphatic rings. The molecule has 17 rings (SSSR count). The average Bonchev–Trinajstić information content (AvgIpc) is 1.55. The van der Waals surface area contributed by atoms with Crippen LogP contribution in [0.25, 0.3) is 0 Å². The number of esters is 8. The van der Waals surface area contributed by atoms with E-state index in [1.807, 2.05) is 0 Å². The van der Waals surface area contributed by atoms with E-state index >= 15 is 44.7 Å². The predicted molar refractivity (Wildman–Crippen MR) is 521 cm³/mol. The summed E-state index contributed by atoms with van der Waals surface area (Å²) in [6.07, 6.45) is -37.5. The van der Waals surface area contributed by atoms with Crippen LogP contribution in [-0.2, 0) is 37.9 Å². The molecule has 5 saturated heterocycles. The lowest BCUT2D eigenvalue weighted by Gasteiger charge is -2.54. The van der Waals surface area contributed by atoms with Gasteiger partial charge in [-0.3, -0.25) is 42.5 Å². The minimum atomic E-state index is -3.16. The maximum absolute atomic E-state index is 18.4. The van der Waals surface area contributed by atoms with Gasteiger partial charge in [-0.2, -0.15) is 0 Å². The molecule has 768 valence electrons.